The van der Waals surface area contributed by atoms with Crippen LogP contribution >= 0.6 is 0 Å². The highest BCUT2D eigenvalue weighted by atomic mass is 16.5. The third-order valence-electron chi connectivity index (χ3n) is 3.15. The number of amides is 1. The number of hydrogen-bond donors (Lipinski definition) is 1. The molecule has 1 aliphatic heterocycles. The fourth-order valence-electron chi connectivity index (χ4n) is 2.14. The molecule has 0 spiro atoms. The minimum atomic E-state index is -0.137. The summed E-state index contributed by atoms with van der Waals surface area (Å²) in [6, 6.07) is 5.32. The van der Waals surface area contributed by atoms with E-state index in [2.05, 4.69) is 15.2 Å². The first-order valence-corrected chi connectivity index (χ1v) is 6.15. The Morgan fingerprint density at radius 3 is 2.89 bits per heavy atom. The number of H-pyrrole nitrogens is 1. The van der Waals surface area contributed by atoms with Crippen LogP contribution in [0.1, 0.15) is 22.2 Å². The van der Waals surface area contributed by atoms with Crippen molar-refractivity contribution in [1.29, 1.82) is 0 Å². The molecule has 1 unspecified atom stereocenters. The summed E-state index contributed by atoms with van der Waals surface area (Å²) >= 11 is 0. The van der Waals surface area contributed by atoms with Gasteiger partial charge in [-0.05, 0) is 18.2 Å². The van der Waals surface area contributed by atoms with Crippen molar-refractivity contribution in [2.24, 2.45) is 0 Å². The molecule has 6 nitrogen and oxygen atoms in total. The van der Waals surface area contributed by atoms with E-state index in [1.54, 1.807) is 35.6 Å². The van der Waals surface area contributed by atoms with Gasteiger partial charge in [0.1, 0.15) is 6.10 Å². The molecular formula is C13H14N4O2. The quantitative estimate of drug-likeness (QED) is 0.873. The molecule has 3 heterocycles. The van der Waals surface area contributed by atoms with Crippen molar-refractivity contribution in [1.82, 2.24) is 20.1 Å². The summed E-state index contributed by atoms with van der Waals surface area (Å²) in [6.45, 7) is 1.66. The van der Waals surface area contributed by atoms with Gasteiger partial charge >= 0.3 is 0 Å². The van der Waals surface area contributed by atoms with Gasteiger partial charge in [-0.15, -0.1) is 0 Å². The monoisotopic (exact) mass is 258 g/mol. The highest BCUT2D eigenvalue weighted by Gasteiger charge is 2.26. The van der Waals surface area contributed by atoms with Gasteiger partial charge in [-0.2, -0.15) is 5.10 Å². The largest absolute Gasteiger partial charge is 0.368 e. The number of morpholine rings is 1. The Hall–Kier alpha value is -2.21. The highest BCUT2D eigenvalue weighted by molar-refractivity contribution is 5.94. The minimum absolute atomic E-state index is 0.00946. The molecular weight excluding hydrogens is 244 g/mol. The van der Waals surface area contributed by atoms with Gasteiger partial charge in [0.05, 0.1) is 18.8 Å². The van der Waals surface area contributed by atoms with Gasteiger partial charge in [-0.3, -0.25) is 14.9 Å². The summed E-state index contributed by atoms with van der Waals surface area (Å²) in [6.07, 6.45) is 4.80. The molecule has 2 aromatic rings. The van der Waals surface area contributed by atoms with E-state index in [1.807, 2.05) is 6.07 Å². The zero-order chi connectivity index (χ0) is 13.1. The highest BCUT2D eigenvalue weighted by Crippen LogP contribution is 2.21. The summed E-state index contributed by atoms with van der Waals surface area (Å²) in [7, 11) is 0. The van der Waals surface area contributed by atoms with Gasteiger partial charge in [0, 0.05) is 30.7 Å². The van der Waals surface area contributed by atoms with Crippen LogP contribution in [-0.4, -0.2) is 45.7 Å². The second-order valence-electron chi connectivity index (χ2n) is 4.36. The fourth-order valence-corrected chi connectivity index (χ4v) is 2.14. The lowest BCUT2D eigenvalue weighted by Gasteiger charge is -2.32. The molecule has 19 heavy (non-hydrogen) atoms. The van der Waals surface area contributed by atoms with Crippen LogP contribution in [0.4, 0.5) is 0 Å². The number of nitrogens with zero attached hydrogens (tertiary/aromatic N) is 3. The summed E-state index contributed by atoms with van der Waals surface area (Å²) in [4.78, 5) is 18.0. The lowest BCUT2D eigenvalue weighted by atomic mass is 10.1. The van der Waals surface area contributed by atoms with E-state index in [0.717, 1.165) is 5.69 Å². The number of ether oxygens (including phenoxy) is 1. The van der Waals surface area contributed by atoms with Crippen LogP contribution in [0.15, 0.2) is 36.8 Å². The van der Waals surface area contributed by atoms with E-state index >= 15 is 0 Å². The van der Waals surface area contributed by atoms with Crippen LogP contribution in [0.3, 0.4) is 0 Å². The van der Waals surface area contributed by atoms with E-state index in [9.17, 15) is 4.79 Å². The SMILES string of the molecule is O=C(c1ccncc1)N1CCOC(c2ccn[nH]2)C1. The van der Waals surface area contributed by atoms with E-state index < -0.39 is 0 Å². The Kier molecular flexibility index (Phi) is 3.24. The smallest absolute Gasteiger partial charge is 0.254 e. The summed E-state index contributed by atoms with van der Waals surface area (Å²) in [5.74, 6) is 0.00946. The van der Waals surface area contributed by atoms with Crippen molar-refractivity contribution in [2.75, 3.05) is 19.7 Å². The third kappa shape index (κ3) is 2.48. The summed E-state index contributed by atoms with van der Waals surface area (Å²) < 4.78 is 5.66. The Balaban J connectivity index is 1.73. The van der Waals surface area contributed by atoms with Crippen LogP contribution in [-0.2, 0) is 4.74 Å². The van der Waals surface area contributed by atoms with Gasteiger partial charge in [0.15, 0.2) is 0 Å². The second-order valence-corrected chi connectivity index (χ2v) is 4.36. The molecule has 0 aromatic carbocycles. The maximum Gasteiger partial charge on any atom is 0.254 e. The topological polar surface area (TPSA) is 71.1 Å². The van der Waals surface area contributed by atoms with Crippen LogP contribution in [0.2, 0.25) is 0 Å². The minimum Gasteiger partial charge on any atom is -0.368 e. The van der Waals surface area contributed by atoms with Crippen molar-refractivity contribution in [3.05, 3.63) is 48.0 Å². The lowest BCUT2D eigenvalue weighted by Crippen LogP contribution is -2.42. The molecule has 3 rings (SSSR count). The predicted molar refractivity (Wildman–Crippen MR) is 67.4 cm³/mol. The van der Waals surface area contributed by atoms with Gasteiger partial charge in [-0.1, -0.05) is 0 Å². The van der Waals surface area contributed by atoms with E-state index in [0.29, 0.717) is 25.3 Å². The molecule has 1 amide bonds. The molecule has 0 aliphatic carbocycles. The van der Waals surface area contributed by atoms with Gasteiger partial charge < -0.3 is 9.64 Å². The van der Waals surface area contributed by atoms with E-state index in [4.69, 9.17) is 4.74 Å². The molecule has 0 bridgehead atoms. The maximum atomic E-state index is 12.3. The average molecular weight is 258 g/mol. The summed E-state index contributed by atoms with van der Waals surface area (Å²) in [5.41, 5.74) is 1.55. The second kappa shape index (κ2) is 5.19. The van der Waals surface area contributed by atoms with Crippen molar-refractivity contribution >= 4 is 5.91 Å². The van der Waals surface area contributed by atoms with Crippen molar-refractivity contribution in [2.45, 2.75) is 6.10 Å². The zero-order valence-electron chi connectivity index (χ0n) is 10.3. The van der Waals surface area contributed by atoms with Crippen molar-refractivity contribution in [3.63, 3.8) is 0 Å². The molecule has 0 radical (unpaired) electrons. The number of carbonyl (C=O) groups is 1. The molecule has 0 saturated carbocycles. The van der Waals surface area contributed by atoms with Crippen molar-refractivity contribution in [3.8, 4) is 0 Å². The Morgan fingerprint density at radius 2 is 2.16 bits per heavy atom. The molecule has 98 valence electrons. The number of carbonyl (C=O) groups excluding carboxylic acids is 1. The molecule has 1 fully saturated rings. The molecule has 2 aromatic heterocycles. The Labute approximate surface area is 110 Å². The lowest BCUT2D eigenvalue weighted by molar-refractivity contribution is -0.0247. The maximum absolute atomic E-state index is 12.3. The first kappa shape index (κ1) is 11.9. The first-order chi connectivity index (χ1) is 9.34. The standard InChI is InChI=1S/C13H14N4O2/c18-13(10-1-4-14-5-2-10)17-7-8-19-12(9-17)11-3-6-15-16-11/h1-6,12H,7-9H2,(H,15,16). The molecule has 6 heteroatoms. The van der Waals surface area contributed by atoms with Crippen molar-refractivity contribution < 1.29 is 9.53 Å². The number of aromatic nitrogens is 3. The van der Waals surface area contributed by atoms with Gasteiger partial charge in [-0.25, -0.2) is 0 Å². The number of nitrogens with one attached hydrogen (secondary N) is 1. The predicted octanol–water partition coefficient (Wildman–Crippen LogP) is 1.02. The van der Waals surface area contributed by atoms with Gasteiger partial charge in [0.2, 0.25) is 0 Å². The Bertz CT molecular complexity index is 541. The van der Waals surface area contributed by atoms with E-state index in [-0.39, 0.29) is 12.0 Å². The summed E-state index contributed by atoms with van der Waals surface area (Å²) in [5, 5.41) is 6.79. The molecule has 1 aliphatic rings. The number of aromatic amines is 1. The van der Waals surface area contributed by atoms with Crippen LogP contribution in [0, 0.1) is 0 Å². The van der Waals surface area contributed by atoms with Crippen LogP contribution in [0.5, 0.6) is 0 Å². The van der Waals surface area contributed by atoms with Crippen LogP contribution in [0.25, 0.3) is 0 Å². The average Bonchev–Trinajstić information content (AvgIpc) is 3.02. The van der Waals surface area contributed by atoms with Gasteiger partial charge in [0.25, 0.3) is 5.91 Å². The normalized spacial score (nSPS) is 19.4. The molecule has 1 saturated heterocycles. The van der Waals surface area contributed by atoms with Crippen LogP contribution < -0.4 is 0 Å². The third-order valence-corrected chi connectivity index (χ3v) is 3.15. The molecule has 1 atom stereocenters. The fraction of sp³-hybridized carbons (Fsp3) is 0.308. The Morgan fingerprint density at radius 1 is 1.32 bits per heavy atom. The number of hydrogen-bond acceptors (Lipinski definition) is 4. The molecule has 1 N–H and O–H groups in total. The first-order valence-electron chi connectivity index (χ1n) is 6.15. The number of pyridine rings is 1. The zero-order valence-corrected chi connectivity index (χ0v) is 10.3. The number of rotatable bonds is 2. The van der Waals surface area contributed by atoms with E-state index in [1.165, 1.54) is 0 Å².